The summed E-state index contributed by atoms with van der Waals surface area (Å²) in [5.74, 6) is 0.314. The van der Waals surface area contributed by atoms with Gasteiger partial charge in [0.15, 0.2) is 5.75 Å². The number of nitrogens with zero attached hydrogens (tertiary/aromatic N) is 1. The SMILES string of the molecule is CCCOc1cc(NCC=C(C)C)ccc1[N+](=O)[O-]. The standard InChI is InChI=1S/C14H20N2O3/c1-4-9-19-14-10-12(15-8-7-11(2)3)5-6-13(14)16(17)18/h5-7,10,15H,4,8-9H2,1-3H3. The first-order valence-electron chi connectivity index (χ1n) is 6.33. The third-order valence-corrected chi connectivity index (χ3v) is 2.43. The average molecular weight is 264 g/mol. The minimum absolute atomic E-state index is 0.00112. The van der Waals surface area contributed by atoms with Crippen LogP contribution < -0.4 is 10.1 Å². The number of hydrogen-bond donors (Lipinski definition) is 1. The zero-order chi connectivity index (χ0) is 14.3. The largest absolute Gasteiger partial charge is 0.487 e. The van der Waals surface area contributed by atoms with E-state index in [0.717, 1.165) is 12.1 Å². The van der Waals surface area contributed by atoms with Crippen molar-refractivity contribution in [2.24, 2.45) is 0 Å². The molecule has 0 fully saturated rings. The fourth-order valence-electron chi connectivity index (χ4n) is 1.48. The van der Waals surface area contributed by atoms with Gasteiger partial charge in [0.25, 0.3) is 0 Å². The Bertz CT molecular complexity index is 466. The molecule has 5 heteroatoms. The van der Waals surface area contributed by atoms with Crippen molar-refractivity contribution in [3.63, 3.8) is 0 Å². The molecule has 0 unspecified atom stereocenters. The number of anilines is 1. The molecule has 0 radical (unpaired) electrons. The van der Waals surface area contributed by atoms with Crippen molar-refractivity contribution in [1.82, 2.24) is 0 Å². The zero-order valence-electron chi connectivity index (χ0n) is 11.6. The molecule has 1 aromatic carbocycles. The molecule has 1 N–H and O–H groups in total. The average Bonchev–Trinajstić information content (AvgIpc) is 2.35. The molecule has 0 aliphatic carbocycles. The lowest BCUT2D eigenvalue weighted by Gasteiger charge is -2.09. The van der Waals surface area contributed by atoms with Crippen LogP contribution in [-0.2, 0) is 0 Å². The van der Waals surface area contributed by atoms with Gasteiger partial charge < -0.3 is 10.1 Å². The Morgan fingerprint density at radius 1 is 1.47 bits per heavy atom. The van der Waals surface area contributed by atoms with Gasteiger partial charge in [-0.05, 0) is 26.3 Å². The van der Waals surface area contributed by atoms with Crippen molar-refractivity contribution in [2.45, 2.75) is 27.2 Å². The lowest BCUT2D eigenvalue weighted by molar-refractivity contribution is -0.385. The number of rotatable bonds is 7. The maximum absolute atomic E-state index is 10.9. The molecule has 0 spiro atoms. The van der Waals surface area contributed by atoms with E-state index < -0.39 is 4.92 Å². The summed E-state index contributed by atoms with van der Waals surface area (Å²) >= 11 is 0. The number of nitro groups is 1. The van der Waals surface area contributed by atoms with Crippen LogP contribution in [0.1, 0.15) is 27.2 Å². The number of benzene rings is 1. The number of nitrogens with one attached hydrogen (secondary N) is 1. The predicted octanol–water partition coefficient (Wildman–Crippen LogP) is 3.76. The normalized spacial score (nSPS) is 9.84. The Balaban J connectivity index is 2.84. The highest BCUT2D eigenvalue weighted by Crippen LogP contribution is 2.30. The molecule has 19 heavy (non-hydrogen) atoms. The molecule has 5 nitrogen and oxygen atoms in total. The summed E-state index contributed by atoms with van der Waals surface area (Å²) in [4.78, 5) is 10.5. The summed E-state index contributed by atoms with van der Waals surface area (Å²) in [6, 6.07) is 4.83. The van der Waals surface area contributed by atoms with Crippen molar-refractivity contribution < 1.29 is 9.66 Å². The summed E-state index contributed by atoms with van der Waals surface area (Å²) in [5, 5.41) is 14.1. The summed E-state index contributed by atoms with van der Waals surface area (Å²) in [6.07, 6.45) is 2.86. The van der Waals surface area contributed by atoms with Crippen LogP contribution in [0.5, 0.6) is 5.75 Å². The van der Waals surface area contributed by atoms with Gasteiger partial charge in [0.2, 0.25) is 0 Å². The number of ether oxygens (including phenoxy) is 1. The molecule has 1 rings (SSSR count). The van der Waals surface area contributed by atoms with Gasteiger partial charge in [0.1, 0.15) is 0 Å². The van der Waals surface area contributed by atoms with Crippen molar-refractivity contribution in [1.29, 1.82) is 0 Å². The Hall–Kier alpha value is -2.04. The first-order chi connectivity index (χ1) is 9.04. The minimum atomic E-state index is -0.426. The summed E-state index contributed by atoms with van der Waals surface area (Å²) in [7, 11) is 0. The van der Waals surface area contributed by atoms with E-state index in [1.807, 2.05) is 26.8 Å². The first-order valence-corrected chi connectivity index (χ1v) is 6.33. The number of hydrogen-bond acceptors (Lipinski definition) is 4. The Morgan fingerprint density at radius 2 is 2.21 bits per heavy atom. The maximum atomic E-state index is 10.9. The molecule has 0 aliphatic heterocycles. The quantitative estimate of drug-likeness (QED) is 0.462. The lowest BCUT2D eigenvalue weighted by Crippen LogP contribution is -2.02. The van der Waals surface area contributed by atoms with Crippen molar-refractivity contribution in [3.05, 3.63) is 40.0 Å². The Kier molecular flexibility index (Phi) is 5.85. The summed E-state index contributed by atoms with van der Waals surface area (Å²) in [5.41, 5.74) is 2.03. The first kappa shape index (κ1) is 15.0. The molecule has 0 bridgehead atoms. The molecule has 104 valence electrons. The van der Waals surface area contributed by atoms with Gasteiger partial charge in [0, 0.05) is 24.4 Å². The molecule has 0 atom stereocenters. The smallest absolute Gasteiger partial charge is 0.311 e. The Labute approximate surface area is 113 Å². The number of allylic oxidation sites excluding steroid dienone is 1. The van der Waals surface area contributed by atoms with Gasteiger partial charge in [-0.15, -0.1) is 0 Å². The highest BCUT2D eigenvalue weighted by atomic mass is 16.6. The molecule has 0 saturated heterocycles. The van der Waals surface area contributed by atoms with Crippen molar-refractivity contribution >= 4 is 11.4 Å². The highest BCUT2D eigenvalue weighted by Gasteiger charge is 2.15. The second kappa shape index (κ2) is 7.41. The molecular formula is C14H20N2O3. The molecule has 0 aromatic heterocycles. The van der Waals surface area contributed by atoms with E-state index in [9.17, 15) is 10.1 Å². The van der Waals surface area contributed by atoms with E-state index in [-0.39, 0.29) is 5.69 Å². The van der Waals surface area contributed by atoms with Gasteiger partial charge in [-0.25, -0.2) is 0 Å². The van der Waals surface area contributed by atoms with Crippen LogP contribution in [-0.4, -0.2) is 18.1 Å². The fourth-order valence-corrected chi connectivity index (χ4v) is 1.48. The second-order valence-corrected chi connectivity index (χ2v) is 4.45. The van der Waals surface area contributed by atoms with Crippen LogP contribution in [0.3, 0.4) is 0 Å². The van der Waals surface area contributed by atoms with Crippen LogP contribution in [0, 0.1) is 10.1 Å². The maximum Gasteiger partial charge on any atom is 0.311 e. The van der Waals surface area contributed by atoms with Gasteiger partial charge in [-0.2, -0.15) is 0 Å². The van der Waals surface area contributed by atoms with E-state index in [1.54, 1.807) is 12.1 Å². The summed E-state index contributed by atoms with van der Waals surface area (Å²) in [6.45, 7) is 7.16. The van der Waals surface area contributed by atoms with Gasteiger partial charge in [-0.3, -0.25) is 10.1 Å². The van der Waals surface area contributed by atoms with Crippen molar-refractivity contribution in [3.8, 4) is 5.75 Å². The van der Waals surface area contributed by atoms with E-state index in [4.69, 9.17) is 4.74 Å². The zero-order valence-corrected chi connectivity index (χ0v) is 11.6. The lowest BCUT2D eigenvalue weighted by atomic mass is 10.2. The monoisotopic (exact) mass is 264 g/mol. The van der Waals surface area contributed by atoms with E-state index in [0.29, 0.717) is 18.9 Å². The van der Waals surface area contributed by atoms with Crippen LogP contribution in [0.25, 0.3) is 0 Å². The third-order valence-electron chi connectivity index (χ3n) is 2.43. The minimum Gasteiger partial charge on any atom is -0.487 e. The van der Waals surface area contributed by atoms with Gasteiger partial charge in [0.05, 0.1) is 11.5 Å². The van der Waals surface area contributed by atoms with Crippen molar-refractivity contribution in [2.75, 3.05) is 18.5 Å². The van der Waals surface area contributed by atoms with E-state index in [1.165, 1.54) is 11.6 Å². The Morgan fingerprint density at radius 3 is 2.79 bits per heavy atom. The van der Waals surface area contributed by atoms with Gasteiger partial charge in [-0.1, -0.05) is 18.6 Å². The highest BCUT2D eigenvalue weighted by molar-refractivity contribution is 5.58. The van der Waals surface area contributed by atoms with Crippen LogP contribution in [0.4, 0.5) is 11.4 Å². The van der Waals surface area contributed by atoms with E-state index in [2.05, 4.69) is 5.32 Å². The molecule has 0 amide bonds. The van der Waals surface area contributed by atoms with Gasteiger partial charge >= 0.3 is 5.69 Å². The van der Waals surface area contributed by atoms with E-state index >= 15 is 0 Å². The molecule has 0 aliphatic rings. The fraction of sp³-hybridized carbons (Fsp3) is 0.429. The predicted molar refractivity (Wildman–Crippen MR) is 76.8 cm³/mol. The molecular weight excluding hydrogens is 244 g/mol. The van der Waals surface area contributed by atoms with Crippen LogP contribution >= 0.6 is 0 Å². The topological polar surface area (TPSA) is 64.4 Å². The molecule has 0 saturated carbocycles. The second-order valence-electron chi connectivity index (χ2n) is 4.45. The number of nitro benzene ring substituents is 1. The molecule has 0 heterocycles. The van der Waals surface area contributed by atoms with Crippen LogP contribution in [0.2, 0.25) is 0 Å². The third kappa shape index (κ3) is 4.99. The molecule has 1 aromatic rings. The summed E-state index contributed by atoms with van der Waals surface area (Å²) < 4.78 is 5.42. The van der Waals surface area contributed by atoms with Crippen LogP contribution in [0.15, 0.2) is 29.8 Å².